The lowest BCUT2D eigenvalue weighted by molar-refractivity contribution is -0.137. The summed E-state index contributed by atoms with van der Waals surface area (Å²) in [5.74, 6) is -1.60. The van der Waals surface area contributed by atoms with Crippen LogP contribution in [0.5, 0.6) is 0 Å². The third kappa shape index (κ3) is 8.63. The summed E-state index contributed by atoms with van der Waals surface area (Å²) in [6.07, 6.45) is -2.77. The van der Waals surface area contributed by atoms with Gasteiger partial charge in [0.15, 0.2) is 0 Å². The van der Waals surface area contributed by atoms with Crippen molar-refractivity contribution in [1.29, 1.82) is 5.26 Å². The number of urea groups is 1. The number of hydrogen-bond donors (Lipinski definition) is 4. The normalized spacial score (nSPS) is 12.8. The zero-order valence-corrected chi connectivity index (χ0v) is 19.8. The second-order valence-electron chi connectivity index (χ2n) is 8.54. The third-order valence-corrected chi connectivity index (χ3v) is 5.73. The molecule has 2 amide bonds. The Balaban J connectivity index is 1.52. The van der Waals surface area contributed by atoms with E-state index in [-0.39, 0.29) is 25.1 Å². The van der Waals surface area contributed by atoms with Gasteiger partial charge in [-0.1, -0.05) is 54.6 Å². The van der Waals surface area contributed by atoms with Gasteiger partial charge in [0.2, 0.25) is 0 Å². The molecule has 2 atom stereocenters. The molecule has 1 aromatic heterocycles. The Labute approximate surface area is 213 Å². The van der Waals surface area contributed by atoms with Crippen molar-refractivity contribution in [3.8, 4) is 6.07 Å². The molecule has 0 aliphatic carbocycles. The highest BCUT2D eigenvalue weighted by molar-refractivity contribution is 6.43. The van der Waals surface area contributed by atoms with E-state index in [9.17, 15) is 33.3 Å². The predicted molar refractivity (Wildman–Crippen MR) is 132 cm³/mol. The monoisotopic (exact) mass is 510 g/mol. The van der Waals surface area contributed by atoms with Crippen molar-refractivity contribution in [3.63, 3.8) is 0 Å². The number of halogens is 3. The zero-order valence-electron chi connectivity index (χ0n) is 19.8. The van der Waals surface area contributed by atoms with Crippen LogP contribution in [0.3, 0.4) is 0 Å². The Morgan fingerprint density at radius 2 is 1.70 bits per heavy atom. The zero-order chi connectivity index (χ0) is 26.8. The molecule has 3 aromatic rings. The Hall–Kier alpha value is -3.88. The molecule has 0 saturated heterocycles. The smallest absolute Gasteiger partial charge is 0.426 e. The number of aromatic nitrogens is 1. The minimum absolute atomic E-state index is 0.252. The molecule has 0 aliphatic heterocycles. The lowest BCUT2D eigenvalue weighted by atomic mass is 9.76. The number of nitrogens with one attached hydrogen (secondary N) is 2. The summed E-state index contributed by atoms with van der Waals surface area (Å²) in [5, 5.41) is 34.0. The van der Waals surface area contributed by atoms with Crippen molar-refractivity contribution >= 4 is 13.1 Å². The van der Waals surface area contributed by atoms with Crippen LogP contribution in [0.25, 0.3) is 0 Å². The number of benzene rings is 2. The Bertz CT molecular complexity index is 1200. The van der Waals surface area contributed by atoms with Crippen molar-refractivity contribution in [1.82, 2.24) is 15.6 Å². The molecule has 0 fully saturated rings. The first-order valence-corrected chi connectivity index (χ1v) is 11.6. The van der Waals surface area contributed by atoms with Crippen LogP contribution in [-0.4, -0.2) is 40.7 Å². The molecule has 0 aliphatic rings. The van der Waals surface area contributed by atoms with Gasteiger partial charge in [0.25, 0.3) is 0 Å². The van der Waals surface area contributed by atoms with Crippen LogP contribution in [0.1, 0.15) is 33.9 Å². The van der Waals surface area contributed by atoms with Gasteiger partial charge in [0.1, 0.15) is 0 Å². The van der Waals surface area contributed by atoms with Crippen molar-refractivity contribution < 1.29 is 28.0 Å². The second kappa shape index (κ2) is 12.9. The van der Waals surface area contributed by atoms with Crippen molar-refractivity contribution in [2.45, 2.75) is 37.3 Å². The molecular weight excluding hydrogens is 484 g/mol. The molecule has 1 unspecified atom stereocenters. The van der Waals surface area contributed by atoms with Gasteiger partial charge in [-0.2, -0.15) is 18.4 Å². The van der Waals surface area contributed by atoms with Crippen LogP contribution < -0.4 is 10.6 Å². The number of amides is 2. The van der Waals surface area contributed by atoms with Crippen LogP contribution in [-0.2, 0) is 25.4 Å². The Morgan fingerprint density at radius 3 is 2.32 bits per heavy atom. The van der Waals surface area contributed by atoms with Gasteiger partial charge < -0.3 is 20.7 Å². The van der Waals surface area contributed by atoms with Gasteiger partial charge in [-0.25, -0.2) is 4.79 Å². The third-order valence-electron chi connectivity index (χ3n) is 5.73. The summed E-state index contributed by atoms with van der Waals surface area (Å²) in [6.45, 7) is 0.275. The SMILES string of the molecule is N#CC(Cc1cccc(CCNC(=O)N[C@@H](Cc2ccccc2)B(O)O)c1)c1ccc(C(F)(F)F)cn1. The van der Waals surface area contributed by atoms with E-state index in [0.717, 1.165) is 29.0 Å². The van der Waals surface area contributed by atoms with Crippen LogP contribution >= 0.6 is 0 Å². The Morgan fingerprint density at radius 1 is 1.00 bits per heavy atom. The average Bonchev–Trinajstić information content (AvgIpc) is 2.87. The van der Waals surface area contributed by atoms with Crippen LogP contribution in [0.4, 0.5) is 18.0 Å². The highest BCUT2D eigenvalue weighted by atomic mass is 19.4. The first-order valence-electron chi connectivity index (χ1n) is 11.6. The fourth-order valence-electron chi connectivity index (χ4n) is 3.78. The van der Waals surface area contributed by atoms with Crippen molar-refractivity contribution in [3.05, 3.63) is 101 Å². The quantitative estimate of drug-likeness (QED) is 0.312. The van der Waals surface area contributed by atoms with Crippen LogP contribution in [0.2, 0.25) is 0 Å². The minimum atomic E-state index is -4.49. The van der Waals surface area contributed by atoms with E-state index >= 15 is 0 Å². The molecule has 0 spiro atoms. The summed E-state index contributed by atoms with van der Waals surface area (Å²) in [7, 11) is -1.73. The minimum Gasteiger partial charge on any atom is -0.426 e. The van der Waals surface area contributed by atoms with E-state index in [1.807, 2.05) is 48.5 Å². The van der Waals surface area contributed by atoms with Gasteiger partial charge in [-0.05, 0) is 48.1 Å². The highest BCUT2D eigenvalue weighted by Gasteiger charge is 2.31. The van der Waals surface area contributed by atoms with E-state index in [4.69, 9.17) is 0 Å². The summed E-state index contributed by atoms with van der Waals surface area (Å²) in [4.78, 5) is 16.1. The number of nitriles is 1. The highest BCUT2D eigenvalue weighted by Crippen LogP contribution is 2.29. The first kappa shape index (κ1) is 27.7. The standard InChI is InChI=1S/C26H26BF3N4O3/c28-26(29,30)22-9-10-23(33-17-22)21(16-31)14-20-8-4-7-19(13-20)11-12-32-25(35)34-24(27(36)37)15-18-5-2-1-3-6-18/h1-10,13,17,21,24,36-37H,11-12,14-15H2,(H2,32,34,35)/t21?,24-/m0/s1. The maximum Gasteiger partial charge on any atom is 0.475 e. The molecule has 0 bridgehead atoms. The topological polar surface area (TPSA) is 118 Å². The van der Waals surface area contributed by atoms with E-state index in [0.29, 0.717) is 6.42 Å². The van der Waals surface area contributed by atoms with E-state index in [2.05, 4.69) is 21.7 Å². The van der Waals surface area contributed by atoms with Gasteiger partial charge >= 0.3 is 19.3 Å². The van der Waals surface area contributed by atoms with E-state index < -0.39 is 36.7 Å². The Kier molecular flexibility index (Phi) is 9.66. The molecule has 11 heteroatoms. The maximum absolute atomic E-state index is 12.8. The van der Waals surface area contributed by atoms with E-state index in [1.165, 1.54) is 6.07 Å². The fraction of sp³-hybridized carbons (Fsp3) is 0.269. The maximum atomic E-state index is 12.8. The number of carbonyl (C=O) groups is 1. The molecule has 37 heavy (non-hydrogen) atoms. The molecule has 7 nitrogen and oxygen atoms in total. The first-order chi connectivity index (χ1) is 17.7. The fourth-order valence-corrected chi connectivity index (χ4v) is 3.78. The summed E-state index contributed by atoms with van der Waals surface area (Å²) in [6, 6.07) is 20.2. The number of pyridine rings is 1. The molecular formula is C26H26BF3N4O3. The predicted octanol–water partition coefficient (Wildman–Crippen LogP) is 3.42. The second-order valence-corrected chi connectivity index (χ2v) is 8.54. The molecule has 4 N–H and O–H groups in total. The number of rotatable bonds is 10. The number of alkyl halides is 3. The summed E-state index contributed by atoms with van der Waals surface area (Å²) < 4.78 is 38.3. The lowest BCUT2D eigenvalue weighted by Crippen LogP contribution is -2.51. The largest absolute Gasteiger partial charge is 0.475 e. The van der Waals surface area contributed by atoms with Gasteiger partial charge in [0, 0.05) is 12.7 Å². The molecule has 192 valence electrons. The van der Waals surface area contributed by atoms with E-state index in [1.54, 1.807) is 6.07 Å². The van der Waals surface area contributed by atoms with Gasteiger partial charge in [0.05, 0.1) is 29.2 Å². The van der Waals surface area contributed by atoms with Gasteiger partial charge in [-0.15, -0.1) is 0 Å². The lowest BCUT2D eigenvalue weighted by Gasteiger charge is -2.18. The number of carbonyl (C=O) groups excluding carboxylic acids is 1. The number of hydrogen-bond acceptors (Lipinski definition) is 5. The van der Waals surface area contributed by atoms with Gasteiger partial charge in [-0.3, -0.25) is 4.98 Å². The summed E-state index contributed by atoms with van der Waals surface area (Å²) in [5.41, 5.74) is 1.93. The molecule has 0 radical (unpaired) electrons. The van der Waals surface area contributed by atoms with Crippen LogP contribution in [0.15, 0.2) is 72.9 Å². The molecule has 2 aromatic carbocycles. The van der Waals surface area contributed by atoms with Crippen molar-refractivity contribution in [2.75, 3.05) is 6.54 Å². The molecule has 0 saturated carbocycles. The number of nitrogens with zero attached hydrogens (tertiary/aromatic N) is 2. The van der Waals surface area contributed by atoms with Crippen LogP contribution in [0, 0.1) is 11.3 Å². The summed E-state index contributed by atoms with van der Waals surface area (Å²) >= 11 is 0. The molecule has 1 heterocycles. The average molecular weight is 510 g/mol. The molecule has 3 rings (SSSR count). The van der Waals surface area contributed by atoms with Crippen molar-refractivity contribution in [2.24, 2.45) is 0 Å².